The molecule has 3 N–H and O–H groups in total. The normalized spacial score (nSPS) is 13.6. The van der Waals surface area contributed by atoms with Crippen molar-refractivity contribution in [1.82, 2.24) is 0 Å². The standard InChI is InChI=1S/C25H23N3O4/c26-25(30)16-7-9-21(28-11-3-4-12-28)20(13-16)27-24(29)15-31-17-8-10-23-19(14-17)18-5-1-2-6-22(18)32-23/h1-2,5-10,13-14H,3-4,11-12,15H2,(H2,26,30)(H,27,29). The third kappa shape index (κ3) is 3.85. The quantitative estimate of drug-likeness (QED) is 0.476. The number of benzene rings is 3. The molecule has 3 aromatic carbocycles. The number of carbonyl (C=O) groups is 2. The van der Waals surface area contributed by atoms with Crippen LogP contribution in [0, 0.1) is 0 Å². The molecule has 0 saturated carbocycles. The first-order valence-corrected chi connectivity index (χ1v) is 10.6. The number of carbonyl (C=O) groups excluding carboxylic acids is 2. The number of furan rings is 1. The van der Waals surface area contributed by atoms with Crippen molar-refractivity contribution in [3.63, 3.8) is 0 Å². The number of hydrogen-bond donors (Lipinski definition) is 2. The van der Waals surface area contributed by atoms with Crippen molar-refractivity contribution in [3.8, 4) is 5.75 Å². The summed E-state index contributed by atoms with van der Waals surface area (Å²) in [4.78, 5) is 26.5. The molecule has 4 aromatic rings. The van der Waals surface area contributed by atoms with Crippen LogP contribution in [0.1, 0.15) is 23.2 Å². The van der Waals surface area contributed by atoms with E-state index in [1.165, 1.54) is 0 Å². The summed E-state index contributed by atoms with van der Waals surface area (Å²) in [5.41, 5.74) is 8.80. The van der Waals surface area contributed by atoms with Crippen molar-refractivity contribution >= 4 is 45.1 Å². The molecule has 32 heavy (non-hydrogen) atoms. The summed E-state index contributed by atoms with van der Waals surface area (Å²) in [7, 11) is 0. The van der Waals surface area contributed by atoms with Crippen LogP contribution < -0.4 is 20.7 Å². The number of ether oxygens (including phenoxy) is 1. The van der Waals surface area contributed by atoms with E-state index in [1.807, 2.05) is 42.5 Å². The van der Waals surface area contributed by atoms with Gasteiger partial charge >= 0.3 is 0 Å². The lowest BCUT2D eigenvalue weighted by atomic mass is 10.1. The van der Waals surface area contributed by atoms with Gasteiger partial charge in [0.05, 0.1) is 11.4 Å². The first kappa shape index (κ1) is 19.9. The summed E-state index contributed by atoms with van der Waals surface area (Å²) in [6, 6.07) is 18.4. The molecule has 0 aliphatic carbocycles. The van der Waals surface area contributed by atoms with Crippen LogP contribution in [0.15, 0.2) is 65.1 Å². The minimum Gasteiger partial charge on any atom is -0.484 e. The summed E-state index contributed by atoms with van der Waals surface area (Å²) in [5.74, 6) is -0.278. The van der Waals surface area contributed by atoms with E-state index < -0.39 is 5.91 Å². The van der Waals surface area contributed by atoms with Gasteiger partial charge in [0.15, 0.2) is 6.61 Å². The van der Waals surface area contributed by atoms with Gasteiger partial charge in [-0.25, -0.2) is 0 Å². The van der Waals surface area contributed by atoms with E-state index in [0.717, 1.165) is 53.6 Å². The number of nitrogens with two attached hydrogens (primary N) is 1. The number of nitrogens with one attached hydrogen (secondary N) is 1. The van der Waals surface area contributed by atoms with Gasteiger partial charge in [0.2, 0.25) is 5.91 Å². The summed E-state index contributed by atoms with van der Waals surface area (Å²) >= 11 is 0. The predicted molar refractivity (Wildman–Crippen MR) is 124 cm³/mol. The second-order valence-electron chi connectivity index (χ2n) is 7.88. The Morgan fingerprint density at radius 3 is 2.56 bits per heavy atom. The van der Waals surface area contributed by atoms with Crippen LogP contribution in [0.4, 0.5) is 11.4 Å². The maximum Gasteiger partial charge on any atom is 0.262 e. The molecule has 2 amide bonds. The van der Waals surface area contributed by atoms with Gasteiger partial charge in [-0.05, 0) is 55.3 Å². The monoisotopic (exact) mass is 429 g/mol. The van der Waals surface area contributed by atoms with Gasteiger partial charge in [0.25, 0.3) is 5.91 Å². The van der Waals surface area contributed by atoms with Crippen LogP contribution in [0.25, 0.3) is 21.9 Å². The molecule has 1 aliphatic rings. The first-order valence-electron chi connectivity index (χ1n) is 10.6. The molecule has 1 aromatic heterocycles. The molecular formula is C25H23N3O4. The highest BCUT2D eigenvalue weighted by Crippen LogP contribution is 2.32. The van der Waals surface area contributed by atoms with E-state index in [1.54, 1.807) is 18.2 Å². The molecule has 0 unspecified atom stereocenters. The van der Waals surface area contributed by atoms with Gasteiger partial charge in [0, 0.05) is 29.4 Å². The van der Waals surface area contributed by atoms with Crippen molar-refractivity contribution in [1.29, 1.82) is 0 Å². The first-order chi connectivity index (χ1) is 15.6. The number of para-hydroxylation sites is 1. The van der Waals surface area contributed by atoms with Gasteiger partial charge in [-0.3, -0.25) is 9.59 Å². The molecule has 1 saturated heterocycles. The van der Waals surface area contributed by atoms with E-state index in [-0.39, 0.29) is 12.5 Å². The van der Waals surface area contributed by atoms with Crippen LogP contribution >= 0.6 is 0 Å². The minimum atomic E-state index is -0.537. The Morgan fingerprint density at radius 1 is 0.969 bits per heavy atom. The van der Waals surface area contributed by atoms with E-state index in [2.05, 4.69) is 10.2 Å². The SMILES string of the molecule is NC(=O)c1ccc(N2CCCC2)c(NC(=O)COc2ccc3oc4ccccc4c3c2)c1. The average molecular weight is 429 g/mol. The predicted octanol–water partition coefficient (Wildman–Crippen LogP) is 4.30. The zero-order valence-corrected chi connectivity index (χ0v) is 17.5. The van der Waals surface area contributed by atoms with E-state index >= 15 is 0 Å². The van der Waals surface area contributed by atoms with Crippen LogP contribution in [0.2, 0.25) is 0 Å². The lowest BCUT2D eigenvalue weighted by Crippen LogP contribution is -2.24. The second-order valence-corrected chi connectivity index (χ2v) is 7.88. The molecule has 5 rings (SSSR count). The molecule has 7 nitrogen and oxygen atoms in total. The van der Waals surface area contributed by atoms with Crippen molar-refractivity contribution in [2.75, 3.05) is 29.9 Å². The number of fused-ring (bicyclic) bond motifs is 3. The fourth-order valence-corrected chi connectivity index (χ4v) is 4.15. The average Bonchev–Trinajstić information content (AvgIpc) is 3.45. The number of rotatable bonds is 6. The Balaban J connectivity index is 1.33. The van der Waals surface area contributed by atoms with Gasteiger partial charge < -0.3 is 25.1 Å². The highest BCUT2D eigenvalue weighted by Gasteiger charge is 2.19. The Hall–Kier alpha value is -4.00. The Bertz CT molecular complexity index is 1320. The number of anilines is 2. The smallest absolute Gasteiger partial charge is 0.262 e. The Kier molecular flexibility index (Phi) is 5.15. The molecular weight excluding hydrogens is 406 g/mol. The van der Waals surface area contributed by atoms with Crippen molar-refractivity contribution < 1.29 is 18.7 Å². The lowest BCUT2D eigenvalue weighted by Gasteiger charge is -2.22. The molecule has 0 spiro atoms. The van der Waals surface area contributed by atoms with Crippen LogP contribution in [-0.4, -0.2) is 31.5 Å². The van der Waals surface area contributed by atoms with Crippen LogP contribution in [-0.2, 0) is 4.79 Å². The molecule has 1 aliphatic heterocycles. The lowest BCUT2D eigenvalue weighted by molar-refractivity contribution is -0.118. The fraction of sp³-hybridized carbons (Fsp3) is 0.200. The highest BCUT2D eigenvalue weighted by molar-refractivity contribution is 6.05. The topological polar surface area (TPSA) is 97.8 Å². The van der Waals surface area contributed by atoms with Crippen LogP contribution in [0.3, 0.4) is 0 Å². The summed E-state index contributed by atoms with van der Waals surface area (Å²) < 4.78 is 11.6. The number of amides is 2. The van der Waals surface area contributed by atoms with E-state index in [9.17, 15) is 9.59 Å². The Labute approximate surface area is 184 Å². The van der Waals surface area contributed by atoms with Crippen molar-refractivity contribution in [2.45, 2.75) is 12.8 Å². The van der Waals surface area contributed by atoms with Gasteiger partial charge in [-0.2, -0.15) is 0 Å². The fourth-order valence-electron chi connectivity index (χ4n) is 4.15. The largest absolute Gasteiger partial charge is 0.484 e. The third-order valence-corrected chi connectivity index (χ3v) is 5.72. The molecule has 1 fully saturated rings. The number of primary amides is 1. The number of hydrogen-bond acceptors (Lipinski definition) is 5. The number of nitrogens with zero attached hydrogens (tertiary/aromatic N) is 1. The van der Waals surface area contributed by atoms with E-state index in [4.69, 9.17) is 14.9 Å². The van der Waals surface area contributed by atoms with Gasteiger partial charge in [-0.15, -0.1) is 0 Å². The minimum absolute atomic E-state index is 0.165. The maximum absolute atomic E-state index is 12.7. The van der Waals surface area contributed by atoms with Crippen LogP contribution in [0.5, 0.6) is 5.75 Å². The molecule has 2 heterocycles. The zero-order chi connectivity index (χ0) is 22.1. The zero-order valence-electron chi connectivity index (χ0n) is 17.5. The molecule has 0 radical (unpaired) electrons. The molecule has 0 atom stereocenters. The summed E-state index contributed by atoms with van der Waals surface area (Å²) in [6.07, 6.45) is 2.19. The van der Waals surface area contributed by atoms with E-state index in [0.29, 0.717) is 17.0 Å². The van der Waals surface area contributed by atoms with Gasteiger partial charge in [0.1, 0.15) is 16.9 Å². The van der Waals surface area contributed by atoms with Crippen molar-refractivity contribution in [2.24, 2.45) is 5.73 Å². The van der Waals surface area contributed by atoms with Gasteiger partial charge in [-0.1, -0.05) is 18.2 Å². The molecule has 7 heteroatoms. The highest BCUT2D eigenvalue weighted by atomic mass is 16.5. The molecule has 0 bridgehead atoms. The van der Waals surface area contributed by atoms with Crippen molar-refractivity contribution in [3.05, 3.63) is 66.2 Å². The summed E-state index contributed by atoms with van der Waals surface area (Å²) in [6.45, 7) is 1.66. The maximum atomic E-state index is 12.7. The Morgan fingerprint density at radius 2 is 1.75 bits per heavy atom. The summed E-state index contributed by atoms with van der Waals surface area (Å²) in [5, 5.41) is 4.81. The molecule has 162 valence electrons. The third-order valence-electron chi connectivity index (χ3n) is 5.72. The second kappa shape index (κ2) is 8.26.